The molecule has 3 aliphatic rings. The Labute approximate surface area is 295 Å². The van der Waals surface area contributed by atoms with Crippen LogP contribution in [0.25, 0.3) is 0 Å². The van der Waals surface area contributed by atoms with Gasteiger partial charge in [0.05, 0.1) is 18.2 Å². The van der Waals surface area contributed by atoms with Crippen LogP contribution in [0, 0.1) is 5.41 Å². The van der Waals surface area contributed by atoms with Gasteiger partial charge in [-0.3, -0.25) is 19.6 Å². The number of carboxylic acids is 1. The number of thiazole rings is 1. The standard InChI is InChI=1S/C29H38N8O12S2/c1-27(2)21(24(41)37(27)49-51(44,45)46)35-23(40)20(16-12-50-26(31)34-16)36-48-28(3,25(42)43)19-7-5-13-8-14(4-6-17(13)47-19)22(30)33-15-9-29(32,10-15)18(39)11-38/h4,6,8,12,15,18-19,21,38-39H,5,7,9-11,32H2,1-3H3,(H2,30,33)(H2,31,34)(H,35,40)(H,42,43)(H,44,45,46)/b36-20-/t15?,18-,19+,21+,28-,29?/m0/s1. The zero-order chi connectivity index (χ0) is 37.7. The molecule has 2 amide bonds. The Hall–Kier alpha value is -4.45. The number of benzene rings is 1. The third-order valence-corrected chi connectivity index (χ3v) is 10.2. The number of aliphatic hydroxyl groups excluding tert-OH is 2. The Morgan fingerprint density at radius 3 is 2.57 bits per heavy atom. The van der Waals surface area contributed by atoms with Gasteiger partial charge in [0.2, 0.25) is 0 Å². The lowest BCUT2D eigenvalue weighted by atomic mass is 9.70. The second-order valence-electron chi connectivity index (χ2n) is 13.2. The highest BCUT2D eigenvalue weighted by Gasteiger charge is 2.58. The van der Waals surface area contributed by atoms with Crippen molar-refractivity contribution in [2.45, 2.75) is 87.4 Å². The summed E-state index contributed by atoms with van der Waals surface area (Å²) in [6, 6.07) is 3.41. The molecule has 3 heterocycles. The summed E-state index contributed by atoms with van der Waals surface area (Å²) in [7, 11) is -5.05. The molecule has 0 unspecified atom stereocenters. The number of fused-ring (bicyclic) bond motifs is 1. The number of rotatable bonds is 13. The number of aryl methyl sites for hydroxylation is 1. The second kappa shape index (κ2) is 13.6. The third-order valence-electron chi connectivity index (χ3n) is 9.20. The summed E-state index contributed by atoms with van der Waals surface area (Å²) in [6.45, 7) is 3.46. The lowest BCUT2D eigenvalue weighted by Gasteiger charge is -2.50. The molecule has 1 aromatic heterocycles. The number of ether oxygens (including phenoxy) is 1. The van der Waals surface area contributed by atoms with Gasteiger partial charge in [-0.05, 0) is 70.2 Å². The van der Waals surface area contributed by atoms with Gasteiger partial charge in [-0.15, -0.1) is 15.6 Å². The van der Waals surface area contributed by atoms with Crippen molar-refractivity contribution in [3.8, 4) is 5.75 Å². The Morgan fingerprint density at radius 2 is 2.00 bits per heavy atom. The molecule has 1 aromatic carbocycles. The van der Waals surface area contributed by atoms with E-state index < -0.39 is 75.4 Å². The number of hydrogen-bond acceptors (Lipinski definition) is 16. The van der Waals surface area contributed by atoms with Crippen molar-refractivity contribution in [3.05, 3.63) is 40.4 Å². The van der Waals surface area contributed by atoms with E-state index in [1.54, 1.807) is 18.2 Å². The van der Waals surface area contributed by atoms with Crippen LogP contribution in [0.15, 0.2) is 28.7 Å². The van der Waals surface area contributed by atoms with Crippen LogP contribution in [0.4, 0.5) is 5.13 Å². The van der Waals surface area contributed by atoms with Crippen LogP contribution in [0.3, 0.4) is 0 Å². The smallest absolute Gasteiger partial charge is 0.418 e. The first-order valence-corrected chi connectivity index (χ1v) is 17.7. The van der Waals surface area contributed by atoms with Crippen LogP contribution < -0.4 is 26.8 Å². The van der Waals surface area contributed by atoms with Crippen molar-refractivity contribution >= 4 is 56.2 Å². The lowest BCUT2D eigenvalue weighted by Crippen LogP contribution is -2.76. The summed E-state index contributed by atoms with van der Waals surface area (Å²) in [5.41, 5.74) is 7.87. The number of aliphatic carboxylic acids is 1. The Kier molecular flexibility index (Phi) is 10.1. The van der Waals surface area contributed by atoms with Gasteiger partial charge in [-0.1, -0.05) is 5.16 Å². The number of hydrogen-bond donors (Lipinski definition) is 9. The highest BCUT2D eigenvalue weighted by molar-refractivity contribution is 7.80. The molecule has 4 atom stereocenters. The molecule has 0 spiro atoms. The van der Waals surface area contributed by atoms with Crippen LogP contribution >= 0.6 is 11.3 Å². The van der Waals surface area contributed by atoms with E-state index in [1.807, 2.05) is 0 Å². The van der Waals surface area contributed by atoms with E-state index >= 15 is 0 Å². The maximum Gasteiger partial charge on any atom is 0.418 e. The minimum absolute atomic E-state index is 0.0369. The van der Waals surface area contributed by atoms with E-state index in [9.17, 15) is 38.1 Å². The number of nitrogen functional groups attached to an aromatic ring is 1. The van der Waals surface area contributed by atoms with E-state index in [4.69, 9.17) is 31.0 Å². The third kappa shape index (κ3) is 7.47. The van der Waals surface area contributed by atoms with Gasteiger partial charge in [0.25, 0.3) is 17.4 Å². The average molecular weight is 755 g/mol. The second-order valence-corrected chi connectivity index (χ2v) is 15.1. The van der Waals surface area contributed by atoms with Crippen LogP contribution in [-0.2, 0) is 40.3 Å². The van der Waals surface area contributed by atoms with Gasteiger partial charge in [0.15, 0.2) is 16.9 Å². The zero-order valence-corrected chi connectivity index (χ0v) is 29.2. The summed E-state index contributed by atoms with van der Waals surface area (Å²) < 4.78 is 41.7. The SMILES string of the molecule is CC1(C)[C@H](NC(=O)/C(=N\O[C@](C)(C(=O)O)[C@H]2CCc3cc(C(=N)NC4CC(N)([C@@H](O)CO)C4)ccc3O2)c2csc(N)n2)C(=O)N1OS(=O)(=O)O. The van der Waals surface area contributed by atoms with Crippen molar-refractivity contribution in [3.63, 3.8) is 0 Å². The molecule has 278 valence electrons. The largest absolute Gasteiger partial charge is 0.485 e. The number of amidine groups is 1. The van der Waals surface area contributed by atoms with Gasteiger partial charge in [0.1, 0.15) is 23.3 Å². The highest BCUT2D eigenvalue weighted by Crippen LogP contribution is 2.36. The van der Waals surface area contributed by atoms with Crippen molar-refractivity contribution in [1.82, 2.24) is 20.7 Å². The number of carbonyl (C=O) groups excluding carboxylic acids is 2. The topological polar surface area (TPSA) is 322 Å². The fraction of sp³-hybridized carbons (Fsp3) is 0.517. The van der Waals surface area contributed by atoms with Gasteiger partial charge < -0.3 is 47.0 Å². The molecular formula is C29H38N8O12S2. The molecule has 2 aliphatic heterocycles. The predicted octanol–water partition coefficient (Wildman–Crippen LogP) is -1.35. The maximum absolute atomic E-state index is 13.5. The summed E-state index contributed by atoms with van der Waals surface area (Å²) in [5.74, 6) is -3.09. The normalized spacial score (nSPS) is 25.9. The summed E-state index contributed by atoms with van der Waals surface area (Å²) in [4.78, 5) is 48.3. The Bertz CT molecular complexity index is 1880. The molecule has 20 nitrogen and oxygen atoms in total. The molecule has 0 radical (unpaired) electrons. The van der Waals surface area contributed by atoms with Crippen molar-refractivity contribution < 1.29 is 56.5 Å². The minimum atomic E-state index is -5.05. The Morgan fingerprint density at radius 1 is 1.31 bits per heavy atom. The predicted molar refractivity (Wildman–Crippen MR) is 178 cm³/mol. The van der Waals surface area contributed by atoms with Crippen LogP contribution in [0.5, 0.6) is 5.75 Å². The quantitative estimate of drug-likeness (QED) is 0.0375. The number of oxime groups is 1. The molecule has 1 saturated heterocycles. The van der Waals surface area contributed by atoms with Gasteiger partial charge in [-0.2, -0.15) is 13.5 Å². The molecule has 11 N–H and O–H groups in total. The van der Waals surface area contributed by atoms with Crippen molar-refractivity contribution in [1.29, 1.82) is 5.41 Å². The van der Waals surface area contributed by atoms with E-state index in [2.05, 4.69) is 25.1 Å². The van der Waals surface area contributed by atoms with Crippen LogP contribution in [0.1, 0.15) is 56.9 Å². The number of carboxylic acid groups (broad SMARTS) is 1. The molecule has 2 fully saturated rings. The molecule has 2 aromatic rings. The average Bonchev–Trinajstić information content (AvgIpc) is 3.48. The number of nitrogens with one attached hydrogen (secondary N) is 3. The van der Waals surface area contributed by atoms with Gasteiger partial charge in [0, 0.05) is 22.5 Å². The summed E-state index contributed by atoms with van der Waals surface area (Å²) in [6.07, 6.45) is -0.996. The number of anilines is 1. The molecule has 0 bridgehead atoms. The molecule has 22 heteroatoms. The number of nitrogens with zero attached hydrogens (tertiary/aromatic N) is 3. The molecule has 1 aliphatic carbocycles. The summed E-state index contributed by atoms with van der Waals surface area (Å²) in [5, 5.41) is 49.0. The summed E-state index contributed by atoms with van der Waals surface area (Å²) >= 11 is 0.944. The number of aromatic nitrogens is 1. The number of nitrogens with two attached hydrogens (primary N) is 2. The fourth-order valence-electron chi connectivity index (χ4n) is 6.03. The van der Waals surface area contributed by atoms with Crippen LogP contribution in [-0.4, -0.2) is 115 Å². The van der Waals surface area contributed by atoms with E-state index in [-0.39, 0.29) is 29.1 Å². The Balaban J connectivity index is 1.30. The number of aliphatic hydroxyl groups is 2. The van der Waals surface area contributed by atoms with Crippen molar-refractivity contribution in [2.24, 2.45) is 10.9 Å². The van der Waals surface area contributed by atoms with E-state index in [0.717, 1.165) is 11.3 Å². The zero-order valence-electron chi connectivity index (χ0n) is 27.5. The monoisotopic (exact) mass is 754 g/mol. The van der Waals surface area contributed by atoms with Gasteiger partial charge in [-0.25, -0.2) is 9.78 Å². The molecule has 5 rings (SSSR count). The first-order chi connectivity index (χ1) is 23.7. The highest BCUT2D eigenvalue weighted by atomic mass is 32.3. The lowest BCUT2D eigenvalue weighted by molar-refractivity contribution is -0.218. The first-order valence-electron chi connectivity index (χ1n) is 15.4. The van der Waals surface area contributed by atoms with E-state index in [1.165, 1.54) is 26.2 Å². The van der Waals surface area contributed by atoms with Gasteiger partial charge >= 0.3 is 16.4 Å². The maximum atomic E-state index is 13.5. The molecule has 1 saturated carbocycles. The van der Waals surface area contributed by atoms with Crippen LogP contribution in [0.2, 0.25) is 0 Å². The first kappa shape index (κ1) is 37.8. The number of amides is 2. The fourth-order valence-corrected chi connectivity index (χ4v) is 7.03. The number of hydroxylamine groups is 2. The van der Waals surface area contributed by atoms with E-state index in [0.29, 0.717) is 41.2 Å². The van der Waals surface area contributed by atoms with Crippen molar-refractivity contribution in [2.75, 3.05) is 12.3 Å². The molecule has 51 heavy (non-hydrogen) atoms. The number of β-lactam (4-membered cyclic amide) rings is 1. The minimum Gasteiger partial charge on any atom is -0.485 e. The number of carbonyl (C=O) groups is 3. The molecular weight excluding hydrogens is 716 g/mol.